The average Bonchev–Trinajstić information content (AvgIpc) is 1.62. The molecule has 0 fully saturated rings. The van der Waals surface area contributed by atoms with Gasteiger partial charge in [-0.15, -0.1) is 0 Å². The van der Waals surface area contributed by atoms with Gasteiger partial charge in [0.2, 0.25) is 0 Å². The fourth-order valence-electron chi connectivity index (χ4n) is 0. The van der Waals surface area contributed by atoms with Crippen molar-refractivity contribution in [1.29, 1.82) is 0 Å². The molecule has 6 heavy (non-hydrogen) atoms. The van der Waals surface area contributed by atoms with Gasteiger partial charge in [0, 0.05) is 4.11 Å². The third kappa shape index (κ3) is 1.76. The number of aliphatic carboxylic acids is 1. The maximum Gasteiger partial charge on any atom is 0.305 e. The van der Waals surface area contributed by atoms with Crippen molar-refractivity contribution in [3.8, 4) is 0 Å². The highest BCUT2D eigenvalue weighted by molar-refractivity contribution is 5.68. The molecule has 0 aliphatic carbocycles. The van der Waals surface area contributed by atoms with Gasteiger partial charge in [0.1, 0.15) is 0 Å². The molecule has 1 unspecified atom stereocenters. The molecular weight excluding hydrogens is 80.0 g/mol. The number of rotatable bonds is 1. The van der Waals surface area contributed by atoms with Crippen LogP contribution in [0, 0.1) is 5.92 Å². The van der Waals surface area contributed by atoms with Gasteiger partial charge in [0.05, 0.1) is 5.92 Å². The fraction of sp³-hybridized carbons (Fsp3) is 0.750. The van der Waals surface area contributed by atoms with Crippen LogP contribution in [0.5, 0.6) is 0 Å². The van der Waals surface area contributed by atoms with Gasteiger partial charge in [0.15, 0.2) is 0 Å². The molecule has 1 N–H and O–H groups in total. The largest absolute Gasteiger partial charge is 0.481 e. The van der Waals surface area contributed by atoms with E-state index in [0.717, 1.165) is 6.92 Å². The molecule has 2 heteroatoms. The van der Waals surface area contributed by atoms with Crippen LogP contribution in [0.2, 0.25) is 0 Å². The molecule has 0 bridgehead atoms. The van der Waals surface area contributed by atoms with Crippen LogP contribution >= 0.6 is 0 Å². The average molecular weight is 91.1 g/mol. The summed E-state index contributed by atoms with van der Waals surface area (Å²) in [7, 11) is 0. The molecule has 0 aromatic heterocycles. The Morgan fingerprint density at radius 3 is 2.67 bits per heavy atom. The maximum atomic E-state index is 9.99. The van der Waals surface area contributed by atoms with E-state index in [4.69, 9.17) is 9.22 Å². The monoisotopic (exact) mass is 91.1 g/mol. The zero-order valence-corrected chi connectivity index (χ0v) is 3.43. The SMILES string of the molecule is [2H]C([2H])([2H])C(C)C(=O)O. The highest BCUT2D eigenvalue weighted by Crippen LogP contribution is 1.87. The van der Waals surface area contributed by atoms with Gasteiger partial charge in [-0.1, -0.05) is 13.8 Å². The predicted octanol–water partition coefficient (Wildman–Crippen LogP) is 0.727. The first-order valence-corrected chi connectivity index (χ1v) is 1.58. The van der Waals surface area contributed by atoms with Crippen molar-refractivity contribution in [2.45, 2.75) is 13.8 Å². The zero-order valence-electron chi connectivity index (χ0n) is 6.43. The summed E-state index contributed by atoms with van der Waals surface area (Å²) in [6.07, 6.45) is 0. The Kier molecular flexibility index (Phi) is 0.587. The number of carboxylic acids is 1. The first-order chi connectivity index (χ1) is 3.85. The molecule has 0 aromatic rings. The second-order valence-corrected chi connectivity index (χ2v) is 1.06. The van der Waals surface area contributed by atoms with Crippen LogP contribution < -0.4 is 0 Å². The van der Waals surface area contributed by atoms with Crippen molar-refractivity contribution in [3.05, 3.63) is 0 Å². The highest BCUT2D eigenvalue weighted by Gasteiger charge is 1.99. The topological polar surface area (TPSA) is 37.3 Å². The van der Waals surface area contributed by atoms with Crippen LogP contribution in [0.1, 0.15) is 17.9 Å². The second kappa shape index (κ2) is 1.80. The summed E-state index contributed by atoms with van der Waals surface area (Å²) in [6.45, 7) is -1.21. The van der Waals surface area contributed by atoms with E-state index in [9.17, 15) is 4.79 Å². The van der Waals surface area contributed by atoms with Crippen LogP contribution in [0.4, 0.5) is 0 Å². The van der Waals surface area contributed by atoms with Gasteiger partial charge >= 0.3 is 5.97 Å². The van der Waals surface area contributed by atoms with Crippen LogP contribution in [-0.4, -0.2) is 11.1 Å². The minimum Gasteiger partial charge on any atom is -0.481 e. The molecule has 0 spiro atoms. The van der Waals surface area contributed by atoms with E-state index >= 15 is 0 Å². The van der Waals surface area contributed by atoms with Crippen molar-refractivity contribution < 1.29 is 14.0 Å². The second-order valence-electron chi connectivity index (χ2n) is 1.06. The number of hydrogen-bond donors (Lipinski definition) is 1. The Bertz CT molecular complexity index is 117. The van der Waals surface area contributed by atoms with Crippen molar-refractivity contribution in [1.82, 2.24) is 0 Å². The molecule has 2 nitrogen and oxygen atoms in total. The quantitative estimate of drug-likeness (QED) is 0.516. The maximum absolute atomic E-state index is 9.99. The number of carbonyl (C=O) groups is 1. The zero-order chi connectivity index (χ0) is 7.65. The summed E-state index contributed by atoms with van der Waals surface area (Å²) in [4.78, 5) is 9.99. The Morgan fingerprint density at radius 1 is 2.17 bits per heavy atom. The van der Waals surface area contributed by atoms with Crippen LogP contribution in [0.25, 0.3) is 0 Å². The third-order valence-corrected chi connectivity index (χ3v) is 0.370. The van der Waals surface area contributed by atoms with Crippen molar-refractivity contribution >= 4 is 5.97 Å². The van der Waals surface area contributed by atoms with Gasteiger partial charge in [0.25, 0.3) is 0 Å². The lowest BCUT2D eigenvalue weighted by Gasteiger charge is -1.89. The van der Waals surface area contributed by atoms with E-state index in [0.29, 0.717) is 0 Å². The Morgan fingerprint density at radius 2 is 2.67 bits per heavy atom. The van der Waals surface area contributed by atoms with E-state index in [1.165, 1.54) is 0 Å². The minimum absolute atomic E-state index is 1.16. The van der Waals surface area contributed by atoms with E-state index in [-0.39, 0.29) is 0 Å². The number of carboxylic acid groups (broad SMARTS) is 1. The molecule has 0 amide bonds. The summed E-state index contributed by atoms with van der Waals surface area (Å²) in [6, 6.07) is 0. The summed E-state index contributed by atoms with van der Waals surface area (Å²) < 4.78 is 19.9. The van der Waals surface area contributed by atoms with E-state index in [2.05, 4.69) is 0 Å². The Balaban J connectivity index is 4.04. The van der Waals surface area contributed by atoms with Gasteiger partial charge < -0.3 is 5.11 Å². The first kappa shape index (κ1) is 1.96. The molecular formula is C4H8O2. The standard InChI is InChI=1S/C4H8O2/c1-3(2)4(5)6/h3H,1-2H3,(H,5,6)/i1D3. The molecule has 0 rings (SSSR count). The van der Waals surface area contributed by atoms with Crippen LogP contribution in [0.3, 0.4) is 0 Å². The third-order valence-electron chi connectivity index (χ3n) is 0.370. The Hall–Kier alpha value is -0.530. The summed E-state index contributed by atoms with van der Waals surface area (Å²) >= 11 is 0. The molecule has 36 valence electrons. The van der Waals surface area contributed by atoms with Crippen molar-refractivity contribution in [2.24, 2.45) is 5.92 Å². The molecule has 0 aromatic carbocycles. The summed E-state index contributed by atoms with van der Waals surface area (Å²) in [5.74, 6) is -2.55. The number of hydrogen-bond acceptors (Lipinski definition) is 1. The van der Waals surface area contributed by atoms with Gasteiger partial charge in [-0.3, -0.25) is 4.79 Å². The lowest BCUT2D eigenvalue weighted by atomic mass is 10.2. The Labute approximate surface area is 41.0 Å². The smallest absolute Gasteiger partial charge is 0.305 e. The lowest BCUT2D eigenvalue weighted by Crippen LogP contribution is -2.03. The summed E-state index contributed by atoms with van der Waals surface area (Å²) in [5.41, 5.74) is 0. The van der Waals surface area contributed by atoms with Crippen molar-refractivity contribution in [2.75, 3.05) is 0 Å². The molecule has 0 saturated carbocycles. The van der Waals surface area contributed by atoms with E-state index in [1.54, 1.807) is 0 Å². The molecule has 1 atom stereocenters. The summed E-state index contributed by atoms with van der Waals surface area (Å²) in [5, 5.41) is 8.16. The normalized spacial score (nSPS) is 23.2. The molecule has 0 saturated heterocycles. The van der Waals surface area contributed by atoms with Crippen LogP contribution in [-0.2, 0) is 4.79 Å². The van der Waals surface area contributed by atoms with Crippen molar-refractivity contribution in [3.63, 3.8) is 0 Å². The highest BCUT2D eigenvalue weighted by atomic mass is 16.4. The van der Waals surface area contributed by atoms with E-state index < -0.39 is 18.7 Å². The minimum atomic E-state index is -2.37. The van der Waals surface area contributed by atoms with Gasteiger partial charge in [-0.25, -0.2) is 0 Å². The van der Waals surface area contributed by atoms with Crippen LogP contribution in [0.15, 0.2) is 0 Å². The fourth-order valence-corrected chi connectivity index (χ4v) is 0. The lowest BCUT2D eigenvalue weighted by molar-refractivity contribution is -0.140. The molecule has 0 aliphatic heterocycles. The molecule has 0 heterocycles. The molecule has 0 aliphatic rings. The first-order valence-electron chi connectivity index (χ1n) is 3.08. The van der Waals surface area contributed by atoms with E-state index in [1.807, 2.05) is 0 Å². The van der Waals surface area contributed by atoms with Gasteiger partial charge in [-0.2, -0.15) is 0 Å². The predicted molar refractivity (Wildman–Crippen MR) is 22.5 cm³/mol. The molecule has 0 radical (unpaired) electrons. The van der Waals surface area contributed by atoms with Gasteiger partial charge in [-0.05, 0) is 0 Å².